The quantitative estimate of drug-likeness (QED) is 0.0820. The lowest BCUT2D eigenvalue weighted by molar-refractivity contribution is -0.245. The molecule has 214 valence electrons. The summed E-state index contributed by atoms with van der Waals surface area (Å²) in [5, 5.41) is 28.3. The number of unbranched alkanes of at least 4 members (excludes halogenated alkanes) is 3. The second-order valence-electron chi connectivity index (χ2n) is 9.57. The molecule has 1 aromatic heterocycles. The molecule has 3 aromatic rings. The molecule has 1 saturated heterocycles. The lowest BCUT2D eigenvalue weighted by Crippen LogP contribution is -2.31. The molecular weight excluding hydrogens is 534 g/mol. The first-order valence-electron chi connectivity index (χ1n) is 13.4. The zero-order valence-electron chi connectivity index (χ0n) is 22.1. The van der Waals surface area contributed by atoms with Crippen LogP contribution >= 0.6 is 11.8 Å². The average molecular weight is 570 g/mol. The van der Waals surface area contributed by atoms with Crippen molar-refractivity contribution in [2.75, 3.05) is 11.1 Å². The number of carbonyl (C=O) groups is 2. The van der Waals surface area contributed by atoms with E-state index in [1.807, 2.05) is 48.5 Å². The number of amides is 2. The van der Waals surface area contributed by atoms with Gasteiger partial charge in [-0.05, 0) is 36.1 Å². The van der Waals surface area contributed by atoms with Gasteiger partial charge in [-0.3, -0.25) is 19.9 Å². The molecule has 1 aliphatic rings. The molecule has 3 atom stereocenters. The van der Waals surface area contributed by atoms with Crippen LogP contribution in [0.5, 0.6) is 0 Å². The van der Waals surface area contributed by atoms with Gasteiger partial charge in [0, 0.05) is 36.3 Å². The highest BCUT2D eigenvalue weighted by Crippen LogP contribution is 2.39. The lowest BCUT2D eigenvalue weighted by Gasteiger charge is -2.36. The fourth-order valence-corrected chi connectivity index (χ4v) is 5.18. The summed E-state index contributed by atoms with van der Waals surface area (Å²) in [4.78, 5) is 27.6. The van der Waals surface area contributed by atoms with E-state index in [0.717, 1.165) is 41.1 Å². The van der Waals surface area contributed by atoms with Crippen molar-refractivity contribution in [2.45, 2.75) is 75.2 Å². The van der Waals surface area contributed by atoms with Crippen LogP contribution < -0.4 is 10.8 Å². The number of hydrogen-bond donors (Lipinski definition) is 5. The topological polar surface area (TPSA) is 159 Å². The number of rotatable bonds is 14. The van der Waals surface area contributed by atoms with Gasteiger partial charge in [-0.25, -0.2) is 10.5 Å². The standard InChI is InChI=1S/C28H35N5O6S/c34-16-19-7-9-20(10-8-19)24-15-23(17-40-28-29-18-30-32-28)38-27(39-24)21-11-13-22(14-12-21)31-25(35)5-3-1-2-4-6-26(36)33-37/h7-14,18,23-24,27,34,37H,1-6,15-17H2,(H,31,35)(H,33,36)(H,29,30,32)/t23-,24+,27+/m0/s1. The van der Waals surface area contributed by atoms with E-state index in [2.05, 4.69) is 20.5 Å². The summed E-state index contributed by atoms with van der Waals surface area (Å²) in [6, 6.07) is 15.2. The number of aliphatic hydroxyl groups excluding tert-OH is 1. The number of anilines is 1. The Morgan fingerprint density at radius 1 is 0.950 bits per heavy atom. The van der Waals surface area contributed by atoms with Crippen LogP contribution in [0, 0.1) is 0 Å². The number of ether oxygens (including phenoxy) is 2. The van der Waals surface area contributed by atoms with Gasteiger partial charge in [-0.2, -0.15) is 5.10 Å². The minimum Gasteiger partial charge on any atom is -0.392 e. The van der Waals surface area contributed by atoms with E-state index in [1.54, 1.807) is 5.48 Å². The van der Waals surface area contributed by atoms with E-state index in [9.17, 15) is 14.7 Å². The first-order chi connectivity index (χ1) is 19.5. The van der Waals surface area contributed by atoms with Crippen LogP contribution in [0.2, 0.25) is 0 Å². The molecule has 0 radical (unpaired) electrons. The van der Waals surface area contributed by atoms with Gasteiger partial charge >= 0.3 is 0 Å². The molecule has 0 aliphatic carbocycles. The molecule has 2 aromatic carbocycles. The van der Waals surface area contributed by atoms with Crippen molar-refractivity contribution >= 4 is 29.3 Å². The molecule has 4 rings (SSSR count). The van der Waals surface area contributed by atoms with E-state index >= 15 is 0 Å². The third kappa shape index (κ3) is 9.14. The van der Waals surface area contributed by atoms with Crippen molar-refractivity contribution in [1.82, 2.24) is 20.7 Å². The summed E-state index contributed by atoms with van der Waals surface area (Å²) in [5.74, 6) is 0.212. The van der Waals surface area contributed by atoms with E-state index in [4.69, 9.17) is 14.7 Å². The van der Waals surface area contributed by atoms with Crippen molar-refractivity contribution in [2.24, 2.45) is 0 Å². The number of aromatic nitrogens is 3. The maximum absolute atomic E-state index is 12.4. The zero-order valence-corrected chi connectivity index (χ0v) is 22.9. The maximum Gasteiger partial charge on any atom is 0.243 e. The van der Waals surface area contributed by atoms with Crippen LogP contribution in [-0.2, 0) is 25.7 Å². The van der Waals surface area contributed by atoms with E-state index < -0.39 is 12.2 Å². The fraction of sp³-hybridized carbons (Fsp3) is 0.429. The molecule has 1 fully saturated rings. The summed E-state index contributed by atoms with van der Waals surface area (Å²) in [6.07, 6.45) is 4.99. The number of nitrogens with zero attached hydrogens (tertiary/aromatic N) is 2. The van der Waals surface area contributed by atoms with Crippen LogP contribution in [0.25, 0.3) is 0 Å². The second kappa shape index (κ2) is 15.5. The molecule has 0 spiro atoms. The number of H-pyrrole nitrogens is 1. The van der Waals surface area contributed by atoms with Crippen LogP contribution in [0.15, 0.2) is 60.0 Å². The fourth-order valence-electron chi connectivity index (χ4n) is 4.39. The van der Waals surface area contributed by atoms with Crippen molar-refractivity contribution in [3.63, 3.8) is 0 Å². The van der Waals surface area contributed by atoms with Crippen LogP contribution in [0.3, 0.4) is 0 Å². The highest BCUT2D eigenvalue weighted by molar-refractivity contribution is 7.99. The Balaban J connectivity index is 1.32. The SMILES string of the molecule is O=C(CCCCCCC(=O)Nc1ccc([C@@H]2O[C@H](CSc3ncn[nH]3)C[C@H](c3ccc(CO)cc3)O2)cc1)NO. The number of aliphatic hydroxyl groups is 1. The number of thioether (sulfide) groups is 1. The number of aromatic amines is 1. The van der Waals surface area contributed by atoms with Gasteiger partial charge in [0.05, 0.1) is 18.8 Å². The highest BCUT2D eigenvalue weighted by Gasteiger charge is 2.32. The normalized spacial score (nSPS) is 18.8. The number of nitrogens with one attached hydrogen (secondary N) is 3. The third-order valence-electron chi connectivity index (χ3n) is 6.56. The summed E-state index contributed by atoms with van der Waals surface area (Å²) >= 11 is 1.54. The Kier molecular flexibility index (Phi) is 11.5. The van der Waals surface area contributed by atoms with Gasteiger partial charge < -0.3 is 19.9 Å². The first-order valence-corrected chi connectivity index (χ1v) is 14.3. The minimum atomic E-state index is -0.589. The second-order valence-corrected chi connectivity index (χ2v) is 10.6. The van der Waals surface area contributed by atoms with Crippen LogP contribution in [0.1, 0.15) is 74.0 Å². The maximum atomic E-state index is 12.4. The zero-order chi connectivity index (χ0) is 28.2. The largest absolute Gasteiger partial charge is 0.392 e. The predicted octanol–water partition coefficient (Wildman–Crippen LogP) is 4.42. The Bertz CT molecular complexity index is 1190. The molecule has 11 nitrogen and oxygen atoms in total. The van der Waals surface area contributed by atoms with Crippen molar-refractivity contribution in [3.05, 3.63) is 71.5 Å². The van der Waals surface area contributed by atoms with Gasteiger partial charge in [-0.15, -0.1) is 0 Å². The molecule has 0 unspecified atom stereocenters. The van der Waals surface area contributed by atoms with Gasteiger partial charge in [0.1, 0.15) is 6.33 Å². The first kappa shape index (κ1) is 29.7. The molecule has 0 bridgehead atoms. The van der Waals surface area contributed by atoms with Crippen molar-refractivity contribution < 1.29 is 29.4 Å². The predicted molar refractivity (Wildman–Crippen MR) is 148 cm³/mol. The smallest absolute Gasteiger partial charge is 0.243 e. The summed E-state index contributed by atoms with van der Waals surface area (Å²) < 4.78 is 12.7. The summed E-state index contributed by atoms with van der Waals surface area (Å²) in [7, 11) is 0. The Morgan fingerprint density at radius 2 is 1.65 bits per heavy atom. The lowest BCUT2D eigenvalue weighted by atomic mass is 10.0. The van der Waals surface area contributed by atoms with Gasteiger partial charge in [-0.1, -0.05) is 61.0 Å². The van der Waals surface area contributed by atoms with Crippen molar-refractivity contribution in [3.8, 4) is 0 Å². The van der Waals surface area contributed by atoms with Crippen LogP contribution in [-0.4, -0.2) is 49.2 Å². The highest BCUT2D eigenvalue weighted by atomic mass is 32.2. The number of hydrogen-bond acceptors (Lipinski definition) is 9. The van der Waals surface area contributed by atoms with Gasteiger partial charge in [0.2, 0.25) is 11.8 Å². The molecular formula is C28H35N5O6S. The Labute approximate surface area is 237 Å². The average Bonchev–Trinajstić information content (AvgIpc) is 3.52. The van der Waals surface area contributed by atoms with E-state index in [0.29, 0.717) is 30.7 Å². The molecule has 2 heterocycles. The number of benzene rings is 2. The number of carbonyl (C=O) groups excluding carboxylic acids is 2. The van der Waals surface area contributed by atoms with E-state index in [-0.39, 0.29) is 31.1 Å². The molecule has 1 aliphatic heterocycles. The molecule has 5 N–H and O–H groups in total. The van der Waals surface area contributed by atoms with Crippen LogP contribution in [0.4, 0.5) is 5.69 Å². The van der Waals surface area contributed by atoms with Gasteiger partial charge in [0.15, 0.2) is 11.4 Å². The van der Waals surface area contributed by atoms with Gasteiger partial charge in [0.25, 0.3) is 0 Å². The van der Waals surface area contributed by atoms with Crippen molar-refractivity contribution in [1.29, 1.82) is 0 Å². The Hall–Kier alpha value is -3.29. The molecule has 12 heteroatoms. The molecule has 0 saturated carbocycles. The third-order valence-corrected chi connectivity index (χ3v) is 7.57. The Morgan fingerprint density at radius 3 is 2.30 bits per heavy atom. The number of hydroxylamine groups is 1. The molecule has 2 amide bonds. The summed E-state index contributed by atoms with van der Waals surface area (Å²) in [6.45, 7) is -0.0115. The van der Waals surface area contributed by atoms with E-state index in [1.165, 1.54) is 18.1 Å². The minimum absolute atomic E-state index is 0.0115. The monoisotopic (exact) mass is 569 g/mol. The molecule has 40 heavy (non-hydrogen) atoms. The summed E-state index contributed by atoms with van der Waals surface area (Å²) in [5.41, 5.74) is 5.01.